The molecular weight excluding hydrogens is 739 g/mol. The summed E-state index contributed by atoms with van der Waals surface area (Å²) in [4.78, 5) is 56.5. The molecule has 2 aliphatic carbocycles. The van der Waals surface area contributed by atoms with Crippen LogP contribution in [0.4, 0.5) is 37.2 Å². The normalized spacial score (nSPS) is 27.6. The summed E-state index contributed by atoms with van der Waals surface area (Å²) in [5, 5.41) is 19.6. The van der Waals surface area contributed by atoms with Crippen LogP contribution in [0.3, 0.4) is 0 Å². The fraction of sp³-hybridized carbons (Fsp3) is 0.250. The molecule has 1 saturated carbocycles. The Labute approximate surface area is 318 Å². The first-order valence-corrected chi connectivity index (χ1v) is 17.9. The van der Waals surface area contributed by atoms with Crippen LogP contribution >= 0.6 is 23.2 Å². The van der Waals surface area contributed by atoms with Gasteiger partial charge in [0, 0.05) is 31.3 Å². The summed E-state index contributed by atoms with van der Waals surface area (Å²) >= 11 is 14.6. The van der Waals surface area contributed by atoms with Crippen LogP contribution in [0.1, 0.15) is 24.3 Å². The number of benzene rings is 4. The first-order valence-electron chi connectivity index (χ1n) is 17.1. The molecule has 0 unspecified atom stereocenters. The molecule has 2 aliphatic heterocycles. The number of carbonyl (C=O) groups excluding carboxylic acids is 4. The summed E-state index contributed by atoms with van der Waals surface area (Å²) in [5.41, 5.74) is 2.70. The van der Waals surface area contributed by atoms with Crippen molar-refractivity contribution in [3.8, 4) is 5.75 Å². The summed E-state index contributed by atoms with van der Waals surface area (Å²) in [6, 6.07) is 22.3. The van der Waals surface area contributed by atoms with Crippen LogP contribution in [0.15, 0.2) is 113 Å². The van der Waals surface area contributed by atoms with Crippen molar-refractivity contribution in [2.75, 3.05) is 28.8 Å². The number of amides is 4. The van der Waals surface area contributed by atoms with Gasteiger partial charge in [0.2, 0.25) is 11.8 Å². The summed E-state index contributed by atoms with van der Waals surface area (Å²) in [6.45, 7) is 0. The van der Waals surface area contributed by atoms with E-state index in [0.717, 1.165) is 33.7 Å². The van der Waals surface area contributed by atoms with E-state index in [4.69, 9.17) is 23.2 Å². The van der Waals surface area contributed by atoms with E-state index in [1.165, 1.54) is 24.3 Å². The second-order valence-electron chi connectivity index (χ2n) is 14.1. The number of fused-ring (bicyclic) bond motifs is 4. The number of hydrogen-bond donors (Lipinski definition) is 1. The number of alkyl halides is 2. The third-order valence-electron chi connectivity index (χ3n) is 11.0. The maximum absolute atomic E-state index is 15.0. The van der Waals surface area contributed by atoms with E-state index in [9.17, 15) is 33.1 Å². The van der Waals surface area contributed by atoms with Crippen LogP contribution < -0.4 is 14.7 Å². The zero-order chi connectivity index (χ0) is 38.3. The van der Waals surface area contributed by atoms with E-state index in [2.05, 4.69) is 10.2 Å². The fourth-order valence-electron chi connectivity index (χ4n) is 8.36. The van der Waals surface area contributed by atoms with Gasteiger partial charge in [0.25, 0.3) is 11.8 Å². The van der Waals surface area contributed by atoms with Crippen LogP contribution in [0, 0.1) is 29.4 Å². The van der Waals surface area contributed by atoms with Crippen LogP contribution in [0.2, 0.25) is 0 Å². The molecule has 3 fully saturated rings. The zero-order valence-corrected chi connectivity index (χ0v) is 30.3. The highest BCUT2D eigenvalue weighted by molar-refractivity contribution is 6.58. The lowest BCUT2D eigenvalue weighted by atomic mass is 9.56. The lowest BCUT2D eigenvalue weighted by molar-refractivity contribution is -0.125. The van der Waals surface area contributed by atoms with E-state index in [1.807, 2.05) is 43.3 Å². The Morgan fingerprint density at radius 1 is 0.759 bits per heavy atom. The van der Waals surface area contributed by atoms with Crippen molar-refractivity contribution in [3.05, 3.63) is 120 Å². The van der Waals surface area contributed by atoms with Gasteiger partial charge in [-0.1, -0.05) is 23.8 Å². The van der Waals surface area contributed by atoms with Gasteiger partial charge in [-0.3, -0.25) is 24.1 Å². The Balaban J connectivity index is 1.15. The number of allylic oxidation sites excluding steroid dienone is 2. The van der Waals surface area contributed by atoms with E-state index in [0.29, 0.717) is 22.6 Å². The van der Waals surface area contributed by atoms with Crippen molar-refractivity contribution in [1.29, 1.82) is 0 Å². The molecule has 6 atom stereocenters. The molecule has 4 aromatic carbocycles. The molecule has 0 bridgehead atoms. The maximum atomic E-state index is 15.0. The summed E-state index contributed by atoms with van der Waals surface area (Å²) in [7, 11) is 3.87. The number of phenolic OH excluding ortho intramolecular Hbond substituents is 1. The average molecular weight is 771 g/mol. The summed E-state index contributed by atoms with van der Waals surface area (Å²) < 4.78 is 28.9. The second kappa shape index (κ2) is 12.8. The lowest BCUT2D eigenvalue weighted by Gasteiger charge is -2.50. The number of anilines is 3. The van der Waals surface area contributed by atoms with Gasteiger partial charge in [0.05, 0.1) is 34.6 Å². The van der Waals surface area contributed by atoms with Gasteiger partial charge in [-0.15, -0.1) is 23.2 Å². The number of nitrogens with zero attached hydrogens (tertiary/aromatic N) is 5. The summed E-state index contributed by atoms with van der Waals surface area (Å²) in [5.74, 6) is -9.49. The molecule has 54 heavy (non-hydrogen) atoms. The molecule has 2 saturated heterocycles. The molecule has 2 heterocycles. The van der Waals surface area contributed by atoms with E-state index in [1.54, 1.807) is 30.3 Å². The lowest BCUT2D eigenvalue weighted by Crippen LogP contribution is -2.60. The van der Waals surface area contributed by atoms with Crippen molar-refractivity contribution >= 4 is 75.3 Å². The highest BCUT2D eigenvalue weighted by Crippen LogP contribution is 2.66. The number of para-hydroxylation sites is 1. The minimum Gasteiger partial charge on any atom is -0.505 e. The highest BCUT2D eigenvalue weighted by atomic mass is 35.5. The van der Waals surface area contributed by atoms with Crippen LogP contribution in [0.5, 0.6) is 5.75 Å². The number of aromatic hydroxyl groups is 1. The Kier molecular flexibility index (Phi) is 8.46. The van der Waals surface area contributed by atoms with Crippen molar-refractivity contribution in [3.63, 3.8) is 0 Å². The number of hydrogen-bond acceptors (Lipinski definition) is 8. The molecule has 10 nitrogen and oxygen atoms in total. The molecule has 0 aromatic heterocycles. The van der Waals surface area contributed by atoms with E-state index in [-0.39, 0.29) is 24.1 Å². The number of carbonyl (C=O) groups is 4. The minimum atomic E-state index is -2.31. The highest BCUT2D eigenvalue weighted by Gasteiger charge is 2.77. The topological polar surface area (TPSA) is 123 Å². The van der Waals surface area contributed by atoms with Gasteiger partial charge in [-0.25, -0.2) is 13.7 Å². The number of rotatable bonds is 6. The molecule has 0 radical (unpaired) electrons. The van der Waals surface area contributed by atoms with E-state index >= 15 is 0 Å². The molecule has 4 aliphatic rings. The van der Waals surface area contributed by atoms with Crippen LogP contribution in [-0.2, 0) is 19.2 Å². The largest absolute Gasteiger partial charge is 0.505 e. The monoisotopic (exact) mass is 769 g/mol. The molecule has 8 rings (SSSR count). The van der Waals surface area contributed by atoms with Gasteiger partial charge in [0.15, 0.2) is 21.3 Å². The quantitative estimate of drug-likeness (QED) is 0.0921. The van der Waals surface area contributed by atoms with E-state index < -0.39 is 74.4 Å². The molecule has 4 amide bonds. The Morgan fingerprint density at radius 3 is 1.98 bits per heavy atom. The Hall–Kier alpha value is -5.46. The minimum absolute atomic E-state index is 0.00130. The van der Waals surface area contributed by atoms with Gasteiger partial charge < -0.3 is 10.0 Å². The fourth-order valence-corrected chi connectivity index (χ4v) is 9.29. The zero-order valence-electron chi connectivity index (χ0n) is 28.8. The van der Waals surface area contributed by atoms with Gasteiger partial charge in [-0.05, 0) is 97.6 Å². The van der Waals surface area contributed by atoms with Crippen molar-refractivity contribution < 1.29 is 33.1 Å². The molecule has 1 N–H and O–H groups in total. The smallest absolute Gasteiger partial charge is 0.258 e. The third kappa shape index (κ3) is 5.18. The summed E-state index contributed by atoms with van der Waals surface area (Å²) in [6.07, 6.45) is 1.42. The van der Waals surface area contributed by atoms with Gasteiger partial charge in [0.1, 0.15) is 5.82 Å². The molecule has 0 spiro atoms. The Bertz CT molecular complexity index is 2300. The van der Waals surface area contributed by atoms with Crippen LogP contribution in [0.25, 0.3) is 0 Å². The second-order valence-corrected chi connectivity index (χ2v) is 15.3. The molecule has 274 valence electrons. The van der Waals surface area contributed by atoms with Crippen molar-refractivity contribution in [2.45, 2.75) is 28.5 Å². The standard InChI is InChI=1S/C40H31Cl2F2N5O5/c1-47(2)24-14-8-22(9-15-24)45-46-23-10-16-25(17-11-23)48-35(51)28-19-18-27-30(32(28)36(48)52)20-39(41)37(53)49(26-12-6-21(43)7-13-26)38(54)40(39,42)33(27)29-4-3-5-31(44)34(29)50/h3-18,28,30,32-33,50H,19-20H2,1-2H3/t28-,30+,32-,33+,39+,40-/m0/s1. The van der Waals surface area contributed by atoms with Crippen molar-refractivity contribution in [1.82, 2.24) is 0 Å². The predicted molar refractivity (Wildman–Crippen MR) is 199 cm³/mol. The first-order chi connectivity index (χ1) is 25.8. The number of halogens is 4. The van der Waals surface area contributed by atoms with Gasteiger partial charge >= 0.3 is 0 Å². The average Bonchev–Trinajstić information content (AvgIpc) is 3.50. The van der Waals surface area contributed by atoms with Gasteiger partial charge in [-0.2, -0.15) is 10.2 Å². The third-order valence-corrected chi connectivity index (χ3v) is 12.4. The van der Waals surface area contributed by atoms with Crippen LogP contribution in [-0.4, -0.2) is 52.6 Å². The predicted octanol–water partition coefficient (Wildman–Crippen LogP) is 7.92. The Morgan fingerprint density at radius 2 is 1.35 bits per heavy atom. The first kappa shape index (κ1) is 35.6. The maximum Gasteiger partial charge on any atom is 0.258 e. The molecular formula is C40H31Cl2F2N5O5. The molecule has 4 aromatic rings. The number of phenols is 1. The SMILES string of the molecule is CN(C)c1ccc(N=Nc2ccc(N3C(=O)[C@H]4[C@H](CC=C5[C@H]4C[C@@]4(Cl)C(=O)N(c6ccc(F)cc6)C(=O)[C@@]4(Cl)[C@H]5c4cccc(F)c4O)C3=O)cc2)cc1. The molecule has 14 heteroatoms. The number of imide groups is 2. The van der Waals surface area contributed by atoms with Crippen molar-refractivity contribution in [2.24, 2.45) is 28.0 Å². The number of azo groups is 1.